The lowest BCUT2D eigenvalue weighted by Crippen LogP contribution is -2.15. The molecule has 80 valence electrons. The van der Waals surface area contributed by atoms with Gasteiger partial charge in [-0.05, 0) is 25.8 Å². The van der Waals surface area contributed by atoms with E-state index in [4.69, 9.17) is 11.1 Å². The fraction of sp³-hybridized carbons (Fsp3) is 0.500. The van der Waals surface area contributed by atoms with Gasteiger partial charge in [-0.1, -0.05) is 49.6 Å². The van der Waals surface area contributed by atoms with Crippen LogP contribution in [0.5, 0.6) is 0 Å². The van der Waals surface area contributed by atoms with Crippen molar-refractivity contribution in [3.8, 4) is 0 Å². The van der Waals surface area contributed by atoms with Crippen molar-refractivity contribution in [1.82, 2.24) is 0 Å². The van der Waals surface area contributed by atoms with Crippen molar-refractivity contribution < 1.29 is 0 Å². The maximum Gasteiger partial charge on any atom is 0.154 e. The third-order valence-electron chi connectivity index (χ3n) is 1.95. The molecule has 0 rings (SSSR count). The first-order valence-electron chi connectivity index (χ1n) is 5.00. The highest BCUT2D eigenvalue weighted by Crippen LogP contribution is 2.20. The molecule has 0 aliphatic heterocycles. The van der Waals surface area contributed by atoms with E-state index in [1.165, 1.54) is 5.57 Å². The summed E-state index contributed by atoms with van der Waals surface area (Å²) in [6, 6.07) is 1.08. The van der Waals surface area contributed by atoms with Crippen LogP contribution in [0.1, 0.15) is 19.8 Å². The Bertz CT molecular complexity index is 233. The summed E-state index contributed by atoms with van der Waals surface area (Å²) in [7, 11) is -1.44. The quantitative estimate of drug-likeness (QED) is 0.263. The molecule has 0 nitrogen and oxygen atoms in total. The van der Waals surface area contributed by atoms with Gasteiger partial charge in [0.2, 0.25) is 0 Å². The van der Waals surface area contributed by atoms with E-state index >= 15 is 0 Å². The first-order valence-corrected chi connectivity index (χ1v) is 9.22. The molecule has 0 aromatic carbocycles. The molecule has 0 fully saturated rings. The van der Waals surface area contributed by atoms with Gasteiger partial charge in [-0.2, -0.15) is 11.1 Å². The molecule has 0 radical (unpaired) electrons. The van der Waals surface area contributed by atoms with E-state index in [1.807, 2.05) is 6.08 Å². The third-order valence-corrected chi connectivity index (χ3v) is 3.75. The lowest BCUT2D eigenvalue weighted by Gasteiger charge is -2.12. The fourth-order valence-corrected chi connectivity index (χ4v) is 3.44. The first-order chi connectivity index (χ1) is 6.35. The summed E-state index contributed by atoms with van der Waals surface area (Å²) in [5.74, 6) is 0. The van der Waals surface area contributed by atoms with Gasteiger partial charge in [-0.25, -0.2) is 0 Å². The zero-order valence-electron chi connectivity index (χ0n) is 9.57. The Balaban J connectivity index is 3.89. The van der Waals surface area contributed by atoms with Gasteiger partial charge in [-0.15, -0.1) is 0 Å². The van der Waals surface area contributed by atoms with Crippen LogP contribution in [-0.2, 0) is 0 Å². The molecule has 0 saturated heterocycles. The molecule has 14 heavy (non-hydrogen) atoms. The highest BCUT2D eigenvalue weighted by atomic mass is 35.6. The van der Waals surface area contributed by atoms with Crippen LogP contribution in [-0.4, -0.2) is 7.38 Å². The molecule has 0 amide bonds. The standard InChI is InChI=1S/C12H21ClSi/c1-6-11(2)8-7-9-12(3)10-14(4,5)13/h6,9H,1-2,7-8,10H2,3-5H3/b12-9+. The van der Waals surface area contributed by atoms with E-state index in [2.05, 4.69) is 39.3 Å². The van der Waals surface area contributed by atoms with Crippen LogP contribution in [0, 0.1) is 0 Å². The zero-order valence-corrected chi connectivity index (χ0v) is 11.3. The summed E-state index contributed by atoms with van der Waals surface area (Å²) < 4.78 is 0. The molecule has 0 aliphatic rings. The van der Waals surface area contributed by atoms with Crippen molar-refractivity contribution in [2.75, 3.05) is 0 Å². The van der Waals surface area contributed by atoms with Gasteiger partial charge in [0, 0.05) is 0 Å². The average molecular weight is 229 g/mol. The van der Waals surface area contributed by atoms with Gasteiger partial charge in [0.05, 0.1) is 0 Å². The second kappa shape index (κ2) is 6.26. The van der Waals surface area contributed by atoms with Gasteiger partial charge in [0.15, 0.2) is 7.38 Å². The summed E-state index contributed by atoms with van der Waals surface area (Å²) in [4.78, 5) is 0. The topological polar surface area (TPSA) is 0 Å². The second-order valence-corrected chi connectivity index (χ2v) is 11.2. The number of rotatable bonds is 6. The second-order valence-electron chi connectivity index (χ2n) is 4.35. The molecular weight excluding hydrogens is 208 g/mol. The molecule has 0 N–H and O–H groups in total. The normalized spacial score (nSPS) is 12.7. The minimum Gasteiger partial charge on any atom is -0.167 e. The summed E-state index contributed by atoms with van der Waals surface area (Å²) >= 11 is 6.26. The number of hydrogen-bond donors (Lipinski definition) is 0. The van der Waals surface area contributed by atoms with Crippen LogP contribution >= 0.6 is 11.1 Å². The van der Waals surface area contributed by atoms with E-state index in [0.29, 0.717) is 0 Å². The van der Waals surface area contributed by atoms with Gasteiger partial charge in [0.1, 0.15) is 0 Å². The maximum atomic E-state index is 6.26. The zero-order chi connectivity index (χ0) is 11.2. The van der Waals surface area contributed by atoms with Crippen LogP contribution in [0.2, 0.25) is 19.1 Å². The minimum absolute atomic E-state index is 1.01. The molecule has 0 saturated carbocycles. The Morgan fingerprint density at radius 1 is 1.43 bits per heavy atom. The smallest absolute Gasteiger partial charge is 0.154 e. The lowest BCUT2D eigenvalue weighted by atomic mass is 10.1. The minimum atomic E-state index is -1.44. The van der Waals surface area contributed by atoms with Crippen LogP contribution in [0.4, 0.5) is 0 Å². The molecule has 0 aromatic heterocycles. The molecule has 0 heterocycles. The SMILES string of the molecule is C=CC(=C)CC/C=C(\C)C[Si](C)(C)Cl. The van der Waals surface area contributed by atoms with Gasteiger partial charge in [0.25, 0.3) is 0 Å². The average Bonchev–Trinajstić information content (AvgIpc) is 2.00. The molecule has 0 unspecified atom stereocenters. The van der Waals surface area contributed by atoms with Crippen LogP contribution in [0.3, 0.4) is 0 Å². The molecule has 0 aliphatic carbocycles. The fourth-order valence-electron chi connectivity index (χ4n) is 1.34. The Morgan fingerprint density at radius 2 is 2.00 bits per heavy atom. The van der Waals surface area contributed by atoms with E-state index in [1.54, 1.807) is 0 Å². The number of hydrogen-bond acceptors (Lipinski definition) is 0. The largest absolute Gasteiger partial charge is 0.167 e. The van der Waals surface area contributed by atoms with Crippen LogP contribution in [0.25, 0.3) is 0 Å². The van der Waals surface area contributed by atoms with Gasteiger partial charge >= 0.3 is 0 Å². The summed E-state index contributed by atoms with van der Waals surface area (Å²) in [5.41, 5.74) is 2.52. The molecule has 2 heteroatoms. The van der Waals surface area contributed by atoms with E-state index in [9.17, 15) is 0 Å². The van der Waals surface area contributed by atoms with Crippen molar-refractivity contribution in [3.63, 3.8) is 0 Å². The van der Waals surface area contributed by atoms with Crippen molar-refractivity contribution in [2.24, 2.45) is 0 Å². The van der Waals surface area contributed by atoms with Gasteiger partial charge in [-0.3, -0.25) is 0 Å². The van der Waals surface area contributed by atoms with Crippen LogP contribution < -0.4 is 0 Å². The molecule has 0 spiro atoms. The predicted molar refractivity (Wildman–Crippen MR) is 70.5 cm³/mol. The van der Waals surface area contributed by atoms with E-state index in [-0.39, 0.29) is 0 Å². The first kappa shape index (κ1) is 13.7. The van der Waals surface area contributed by atoms with E-state index in [0.717, 1.165) is 24.5 Å². The number of halogens is 1. The van der Waals surface area contributed by atoms with Crippen molar-refractivity contribution in [3.05, 3.63) is 36.5 Å². The third kappa shape index (κ3) is 8.33. The van der Waals surface area contributed by atoms with E-state index < -0.39 is 7.38 Å². The number of allylic oxidation sites excluding steroid dienone is 4. The lowest BCUT2D eigenvalue weighted by molar-refractivity contribution is 0.998. The molecule has 0 atom stereocenters. The Morgan fingerprint density at radius 3 is 2.43 bits per heavy atom. The predicted octanol–water partition coefficient (Wildman–Crippen LogP) is 4.90. The Kier molecular flexibility index (Phi) is 6.13. The summed E-state index contributed by atoms with van der Waals surface area (Å²) in [6.45, 7) is 14.1. The maximum absolute atomic E-state index is 6.26. The highest BCUT2D eigenvalue weighted by molar-refractivity contribution is 7.19. The van der Waals surface area contributed by atoms with Crippen LogP contribution in [0.15, 0.2) is 36.5 Å². The monoisotopic (exact) mass is 228 g/mol. The Hall–Kier alpha value is -0.273. The summed E-state index contributed by atoms with van der Waals surface area (Å²) in [5, 5.41) is 0. The van der Waals surface area contributed by atoms with Crippen molar-refractivity contribution in [1.29, 1.82) is 0 Å². The molecule has 0 bridgehead atoms. The van der Waals surface area contributed by atoms with Crippen molar-refractivity contribution >= 4 is 18.5 Å². The van der Waals surface area contributed by atoms with Gasteiger partial charge < -0.3 is 0 Å². The molecule has 0 aromatic rings. The molecular formula is C12H21ClSi. The summed E-state index contributed by atoms with van der Waals surface area (Å²) in [6.07, 6.45) is 6.15. The van der Waals surface area contributed by atoms with Crippen molar-refractivity contribution in [2.45, 2.75) is 38.9 Å². The Labute approximate surface area is 94.1 Å². The highest BCUT2D eigenvalue weighted by Gasteiger charge is 2.16.